The van der Waals surface area contributed by atoms with Crippen molar-refractivity contribution in [1.29, 1.82) is 0 Å². The van der Waals surface area contributed by atoms with E-state index in [1.807, 2.05) is 6.08 Å². The summed E-state index contributed by atoms with van der Waals surface area (Å²) in [5.74, 6) is 0.0703. The maximum atomic E-state index is 11.0. The Labute approximate surface area is 67.2 Å². The Morgan fingerprint density at radius 2 is 2.55 bits per heavy atom. The second kappa shape index (κ2) is 4.16. The van der Waals surface area contributed by atoms with Gasteiger partial charge in [0.2, 0.25) is 0 Å². The molecule has 11 heavy (non-hydrogen) atoms. The van der Waals surface area contributed by atoms with Crippen LogP contribution in [0.25, 0.3) is 0 Å². The van der Waals surface area contributed by atoms with Crippen LogP contribution in [0, 0.1) is 5.92 Å². The molecule has 0 spiro atoms. The summed E-state index contributed by atoms with van der Waals surface area (Å²) in [6, 6.07) is 0. The first-order valence-electron chi connectivity index (χ1n) is 4.20. The van der Waals surface area contributed by atoms with Gasteiger partial charge in [0.05, 0.1) is 12.2 Å². The molecule has 0 saturated heterocycles. The molecule has 0 aliphatic carbocycles. The molecule has 2 heteroatoms. The minimum Gasteiger partial charge on any atom is -0.435 e. The van der Waals surface area contributed by atoms with Crippen LogP contribution in [0.15, 0.2) is 12.3 Å². The van der Waals surface area contributed by atoms with E-state index in [0.29, 0.717) is 0 Å². The predicted octanol–water partition coefficient (Wildman–Crippen LogP) is 2.25. The SMILES string of the molecule is CCCCC1CC=COC1=O. The zero-order valence-corrected chi connectivity index (χ0v) is 6.88. The minimum absolute atomic E-state index is 0.0547. The summed E-state index contributed by atoms with van der Waals surface area (Å²) in [6.45, 7) is 2.13. The number of cyclic esters (lactones) is 1. The van der Waals surface area contributed by atoms with Crippen molar-refractivity contribution in [3.8, 4) is 0 Å². The van der Waals surface area contributed by atoms with E-state index in [4.69, 9.17) is 4.74 Å². The molecule has 0 fully saturated rings. The predicted molar refractivity (Wildman–Crippen MR) is 42.9 cm³/mol. The Hall–Kier alpha value is -0.790. The van der Waals surface area contributed by atoms with Crippen LogP contribution in [-0.4, -0.2) is 5.97 Å². The van der Waals surface area contributed by atoms with Gasteiger partial charge in [0.1, 0.15) is 0 Å². The van der Waals surface area contributed by atoms with E-state index in [1.54, 1.807) is 0 Å². The maximum Gasteiger partial charge on any atom is 0.314 e. The molecule has 0 aromatic carbocycles. The molecule has 1 heterocycles. The third-order valence-electron chi connectivity index (χ3n) is 1.94. The van der Waals surface area contributed by atoms with Crippen molar-refractivity contribution in [3.05, 3.63) is 12.3 Å². The number of ether oxygens (including phenoxy) is 1. The molecular weight excluding hydrogens is 140 g/mol. The van der Waals surface area contributed by atoms with Crippen molar-refractivity contribution < 1.29 is 9.53 Å². The second-order valence-electron chi connectivity index (χ2n) is 2.88. The highest BCUT2D eigenvalue weighted by Gasteiger charge is 2.19. The summed E-state index contributed by atoms with van der Waals surface area (Å²) in [6.07, 6.45) is 7.51. The number of carbonyl (C=O) groups is 1. The number of rotatable bonds is 3. The first-order chi connectivity index (χ1) is 5.34. The molecule has 0 radical (unpaired) electrons. The molecular formula is C9H14O2. The zero-order chi connectivity index (χ0) is 8.10. The standard InChI is InChI=1S/C9H14O2/c1-2-3-5-8-6-4-7-11-9(8)10/h4,7-8H,2-3,5-6H2,1H3. The van der Waals surface area contributed by atoms with E-state index >= 15 is 0 Å². The van der Waals surface area contributed by atoms with Gasteiger partial charge in [0.25, 0.3) is 0 Å². The van der Waals surface area contributed by atoms with Crippen LogP contribution in [0.5, 0.6) is 0 Å². The normalized spacial score (nSPS) is 23.4. The fourth-order valence-corrected chi connectivity index (χ4v) is 1.21. The molecule has 62 valence electrons. The summed E-state index contributed by atoms with van der Waals surface area (Å²) in [5.41, 5.74) is 0. The molecule has 0 bridgehead atoms. The number of carbonyl (C=O) groups excluding carboxylic acids is 1. The molecule has 0 aromatic heterocycles. The number of allylic oxidation sites excluding steroid dienone is 1. The van der Waals surface area contributed by atoms with E-state index in [-0.39, 0.29) is 11.9 Å². The molecule has 1 unspecified atom stereocenters. The molecule has 2 nitrogen and oxygen atoms in total. The Balaban J connectivity index is 2.32. The largest absolute Gasteiger partial charge is 0.435 e. The van der Waals surface area contributed by atoms with Crippen LogP contribution in [0.2, 0.25) is 0 Å². The molecule has 0 aromatic rings. The summed E-state index contributed by atoms with van der Waals surface area (Å²) >= 11 is 0. The number of unbranched alkanes of at least 4 members (excludes halogenated alkanes) is 1. The molecule has 0 saturated carbocycles. The van der Waals surface area contributed by atoms with Crippen LogP contribution in [0.1, 0.15) is 32.6 Å². The van der Waals surface area contributed by atoms with E-state index in [0.717, 1.165) is 25.7 Å². The van der Waals surface area contributed by atoms with Gasteiger partial charge in [-0.05, 0) is 18.9 Å². The molecule has 1 rings (SSSR count). The summed E-state index contributed by atoms with van der Waals surface area (Å²) in [5, 5.41) is 0. The van der Waals surface area contributed by atoms with Gasteiger partial charge in [-0.1, -0.05) is 19.8 Å². The lowest BCUT2D eigenvalue weighted by Crippen LogP contribution is -2.17. The van der Waals surface area contributed by atoms with Crippen molar-refractivity contribution in [2.75, 3.05) is 0 Å². The Kier molecular flexibility index (Phi) is 3.14. The Morgan fingerprint density at radius 3 is 3.18 bits per heavy atom. The van der Waals surface area contributed by atoms with Crippen molar-refractivity contribution in [2.24, 2.45) is 5.92 Å². The lowest BCUT2D eigenvalue weighted by Gasteiger charge is -2.15. The summed E-state index contributed by atoms with van der Waals surface area (Å²) in [7, 11) is 0. The molecule has 0 N–H and O–H groups in total. The zero-order valence-electron chi connectivity index (χ0n) is 6.88. The number of esters is 1. The fraction of sp³-hybridized carbons (Fsp3) is 0.667. The van der Waals surface area contributed by atoms with Gasteiger partial charge >= 0.3 is 5.97 Å². The maximum absolute atomic E-state index is 11.0. The van der Waals surface area contributed by atoms with Gasteiger partial charge < -0.3 is 4.74 Å². The molecule has 1 aliphatic heterocycles. The third-order valence-corrected chi connectivity index (χ3v) is 1.94. The Morgan fingerprint density at radius 1 is 1.73 bits per heavy atom. The summed E-state index contributed by atoms with van der Waals surface area (Å²) in [4.78, 5) is 11.0. The van der Waals surface area contributed by atoms with E-state index in [1.165, 1.54) is 6.26 Å². The highest BCUT2D eigenvalue weighted by molar-refractivity contribution is 5.74. The lowest BCUT2D eigenvalue weighted by atomic mass is 9.98. The van der Waals surface area contributed by atoms with Crippen LogP contribution in [0.3, 0.4) is 0 Å². The van der Waals surface area contributed by atoms with Gasteiger partial charge in [0.15, 0.2) is 0 Å². The monoisotopic (exact) mass is 154 g/mol. The third kappa shape index (κ3) is 2.37. The highest BCUT2D eigenvalue weighted by atomic mass is 16.5. The average molecular weight is 154 g/mol. The van der Waals surface area contributed by atoms with Crippen LogP contribution < -0.4 is 0 Å². The number of hydrogen-bond acceptors (Lipinski definition) is 2. The first-order valence-corrected chi connectivity index (χ1v) is 4.20. The van der Waals surface area contributed by atoms with Gasteiger partial charge in [-0.25, -0.2) is 0 Å². The quantitative estimate of drug-likeness (QED) is 0.583. The van der Waals surface area contributed by atoms with Gasteiger partial charge in [-0.2, -0.15) is 0 Å². The summed E-state index contributed by atoms with van der Waals surface area (Å²) < 4.78 is 4.77. The smallest absolute Gasteiger partial charge is 0.314 e. The van der Waals surface area contributed by atoms with E-state index in [9.17, 15) is 4.79 Å². The average Bonchev–Trinajstić information content (AvgIpc) is 2.03. The first kappa shape index (κ1) is 8.31. The van der Waals surface area contributed by atoms with Gasteiger partial charge in [-0.15, -0.1) is 0 Å². The van der Waals surface area contributed by atoms with Crippen LogP contribution in [-0.2, 0) is 9.53 Å². The fourth-order valence-electron chi connectivity index (χ4n) is 1.21. The Bertz CT molecular complexity index is 161. The minimum atomic E-state index is -0.0547. The molecule has 0 amide bonds. The van der Waals surface area contributed by atoms with Crippen molar-refractivity contribution >= 4 is 5.97 Å². The van der Waals surface area contributed by atoms with Gasteiger partial charge in [-0.3, -0.25) is 4.79 Å². The van der Waals surface area contributed by atoms with Crippen molar-refractivity contribution in [2.45, 2.75) is 32.6 Å². The van der Waals surface area contributed by atoms with E-state index in [2.05, 4.69) is 6.92 Å². The second-order valence-corrected chi connectivity index (χ2v) is 2.88. The highest BCUT2D eigenvalue weighted by Crippen LogP contribution is 2.18. The molecule has 1 atom stereocenters. The topological polar surface area (TPSA) is 26.3 Å². The van der Waals surface area contributed by atoms with Crippen LogP contribution >= 0.6 is 0 Å². The van der Waals surface area contributed by atoms with Gasteiger partial charge in [0, 0.05) is 0 Å². The molecule has 1 aliphatic rings. The van der Waals surface area contributed by atoms with Crippen molar-refractivity contribution in [3.63, 3.8) is 0 Å². The lowest BCUT2D eigenvalue weighted by molar-refractivity contribution is -0.144. The van der Waals surface area contributed by atoms with Crippen molar-refractivity contribution in [1.82, 2.24) is 0 Å². The van der Waals surface area contributed by atoms with Crippen LogP contribution in [0.4, 0.5) is 0 Å². The van der Waals surface area contributed by atoms with E-state index < -0.39 is 0 Å². The number of hydrogen-bond donors (Lipinski definition) is 0.